The number of fused-ring (bicyclic) bond motifs is 1. The van der Waals surface area contributed by atoms with E-state index in [0.717, 1.165) is 10.9 Å². The van der Waals surface area contributed by atoms with Crippen molar-refractivity contribution in [2.45, 2.75) is 18.9 Å². The van der Waals surface area contributed by atoms with Gasteiger partial charge in [0.25, 0.3) is 5.91 Å². The number of hydrogen-bond donors (Lipinski definition) is 2. The first-order chi connectivity index (χ1) is 9.25. The van der Waals surface area contributed by atoms with E-state index < -0.39 is 0 Å². The SMILES string of the molecule is Cl.Cl.NC(CNC(=O)c1cccc2cccnc12)C1CC1. The summed E-state index contributed by atoms with van der Waals surface area (Å²) in [6.07, 6.45) is 4.08. The van der Waals surface area contributed by atoms with Gasteiger partial charge in [0.1, 0.15) is 0 Å². The van der Waals surface area contributed by atoms with E-state index in [4.69, 9.17) is 5.73 Å². The van der Waals surface area contributed by atoms with Crippen molar-refractivity contribution in [1.29, 1.82) is 0 Å². The average molecular weight is 328 g/mol. The van der Waals surface area contributed by atoms with Crippen molar-refractivity contribution in [2.75, 3.05) is 6.54 Å². The lowest BCUT2D eigenvalue weighted by atomic mass is 10.1. The Morgan fingerprint density at radius 2 is 2.00 bits per heavy atom. The number of hydrogen-bond acceptors (Lipinski definition) is 3. The average Bonchev–Trinajstić information content (AvgIpc) is 3.28. The summed E-state index contributed by atoms with van der Waals surface area (Å²) in [4.78, 5) is 16.5. The minimum atomic E-state index is -0.0969. The maximum atomic E-state index is 12.2. The minimum absolute atomic E-state index is 0. The number of halogens is 2. The second-order valence-electron chi connectivity index (χ2n) is 5.09. The Bertz CT molecular complexity index is 611. The summed E-state index contributed by atoms with van der Waals surface area (Å²) in [5, 5.41) is 3.88. The highest BCUT2D eigenvalue weighted by molar-refractivity contribution is 6.05. The van der Waals surface area contributed by atoms with Gasteiger partial charge in [0.15, 0.2) is 0 Å². The zero-order chi connectivity index (χ0) is 13.2. The largest absolute Gasteiger partial charge is 0.350 e. The highest BCUT2D eigenvalue weighted by Gasteiger charge is 2.28. The van der Waals surface area contributed by atoms with E-state index in [0.29, 0.717) is 18.0 Å². The molecule has 1 aromatic carbocycles. The molecular weight excluding hydrogens is 309 g/mol. The molecule has 1 fully saturated rings. The summed E-state index contributed by atoms with van der Waals surface area (Å²) < 4.78 is 0. The van der Waals surface area contributed by atoms with Gasteiger partial charge < -0.3 is 11.1 Å². The fraction of sp³-hybridized carbons (Fsp3) is 0.333. The van der Waals surface area contributed by atoms with Gasteiger partial charge in [-0.3, -0.25) is 9.78 Å². The van der Waals surface area contributed by atoms with E-state index in [1.165, 1.54) is 12.8 Å². The fourth-order valence-electron chi connectivity index (χ4n) is 2.28. The highest BCUT2D eigenvalue weighted by atomic mass is 35.5. The van der Waals surface area contributed by atoms with Crippen LogP contribution in [0.5, 0.6) is 0 Å². The molecule has 3 N–H and O–H groups in total. The standard InChI is InChI=1S/C15H17N3O.2ClH/c16-13(10-6-7-10)9-18-15(19)12-5-1-3-11-4-2-8-17-14(11)12;;/h1-5,8,10,13H,6-7,9,16H2,(H,18,19);2*1H. The van der Waals surface area contributed by atoms with Crippen LogP contribution < -0.4 is 11.1 Å². The number of carbonyl (C=O) groups is 1. The molecule has 2 aromatic rings. The third kappa shape index (κ3) is 4.06. The molecule has 1 aliphatic carbocycles. The first kappa shape index (κ1) is 17.7. The Kier molecular flexibility index (Phi) is 6.40. The molecule has 3 rings (SSSR count). The molecule has 21 heavy (non-hydrogen) atoms. The normalized spacial score (nSPS) is 14.7. The molecule has 0 spiro atoms. The zero-order valence-corrected chi connectivity index (χ0v) is 13.1. The van der Waals surface area contributed by atoms with Crippen LogP contribution in [0.3, 0.4) is 0 Å². The van der Waals surface area contributed by atoms with Crippen LogP contribution in [0.1, 0.15) is 23.2 Å². The summed E-state index contributed by atoms with van der Waals surface area (Å²) in [5.41, 5.74) is 7.34. The van der Waals surface area contributed by atoms with E-state index in [2.05, 4.69) is 10.3 Å². The van der Waals surface area contributed by atoms with Crippen LogP contribution in [0.4, 0.5) is 0 Å². The Hall–Kier alpha value is -1.36. The summed E-state index contributed by atoms with van der Waals surface area (Å²) in [5.74, 6) is 0.492. The quantitative estimate of drug-likeness (QED) is 0.906. The molecule has 0 aliphatic heterocycles. The second-order valence-corrected chi connectivity index (χ2v) is 5.09. The predicted octanol–water partition coefficient (Wildman–Crippen LogP) is 2.55. The Morgan fingerprint density at radius 1 is 1.29 bits per heavy atom. The Labute approximate surface area is 136 Å². The van der Waals surface area contributed by atoms with Crippen LogP contribution >= 0.6 is 24.8 Å². The summed E-state index contributed by atoms with van der Waals surface area (Å²) in [7, 11) is 0. The topological polar surface area (TPSA) is 68.0 Å². The summed E-state index contributed by atoms with van der Waals surface area (Å²) in [6.45, 7) is 0.534. The van der Waals surface area contributed by atoms with E-state index in [9.17, 15) is 4.79 Å². The van der Waals surface area contributed by atoms with E-state index in [1.807, 2.05) is 24.3 Å². The molecule has 4 nitrogen and oxygen atoms in total. The first-order valence-corrected chi connectivity index (χ1v) is 6.63. The van der Waals surface area contributed by atoms with Crippen molar-refractivity contribution in [1.82, 2.24) is 10.3 Å². The van der Waals surface area contributed by atoms with Crippen LogP contribution in [-0.4, -0.2) is 23.5 Å². The van der Waals surface area contributed by atoms with Gasteiger partial charge in [0, 0.05) is 24.2 Å². The van der Waals surface area contributed by atoms with Crippen LogP contribution in [0.2, 0.25) is 0 Å². The molecule has 0 radical (unpaired) electrons. The second kappa shape index (κ2) is 7.59. The van der Waals surface area contributed by atoms with Gasteiger partial charge in [0.05, 0.1) is 11.1 Å². The lowest BCUT2D eigenvalue weighted by Crippen LogP contribution is -2.38. The maximum Gasteiger partial charge on any atom is 0.253 e. The molecule has 1 aromatic heterocycles. The van der Waals surface area contributed by atoms with Crippen molar-refractivity contribution >= 4 is 41.6 Å². The van der Waals surface area contributed by atoms with E-state index in [-0.39, 0.29) is 36.8 Å². The third-order valence-corrected chi connectivity index (χ3v) is 3.60. The Balaban J connectivity index is 0.00000110. The smallest absolute Gasteiger partial charge is 0.253 e. The third-order valence-electron chi connectivity index (χ3n) is 3.60. The maximum absolute atomic E-state index is 12.2. The fourth-order valence-corrected chi connectivity index (χ4v) is 2.28. The van der Waals surface area contributed by atoms with Crippen LogP contribution in [0.25, 0.3) is 10.9 Å². The number of para-hydroxylation sites is 1. The molecule has 1 atom stereocenters. The first-order valence-electron chi connectivity index (χ1n) is 6.63. The predicted molar refractivity (Wildman–Crippen MR) is 89.3 cm³/mol. The van der Waals surface area contributed by atoms with Gasteiger partial charge >= 0.3 is 0 Å². The van der Waals surface area contributed by atoms with Crippen molar-refractivity contribution in [3.63, 3.8) is 0 Å². The van der Waals surface area contributed by atoms with Crippen molar-refractivity contribution in [3.8, 4) is 0 Å². The number of rotatable bonds is 4. The minimum Gasteiger partial charge on any atom is -0.350 e. The van der Waals surface area contributed by atoms with Crippen LogP contribution in [0.15, 0.2) is 36.5 Å². The number of benzene rings is 1. The van der Waals surface area contributed by atoms with Gasteiger partial charge in [-0.1, -0.05) is 18.2 Å². The molecule has 1 unspecified atom stereocenters. The van der Waals surface area contributed by atoms with Gasteiger partial charge in [-0.25, -0.2) is 0 Å². The molecule has 0 bridgehead atoms. The lowest BCUT2D eigenvalue weighted by Gasteiger charge is -2.12. The number of amides is 1. The number of nitrogens with one attached hydrogen (secondary N) is 1. The van der Waals surface area contributed by atoms with Gasteiger partial charge in [-0.15, -0.1) is 24.8 Å². The van der Waals surface area contributed by atoms with Gasteiger partial charge in [-0.05, 0) is 30.9 Å². The molecule has 1 saturated carbocycles. The van der Waals surface area contributed by atoms with Gasteiger partial charge in [-0.2, -0.15) is 0 Å². The lowest BCUT2D eigenvalue weighted by molar-refractivity contribution is 0.0952. The van der Waals surface area contributed by atoms with Gasteiger partial charge in [0.2, 0.25) is 0 Å². The highest BCUT2D eigenvalue weighted by Crippen LogP contribution is 2.31. The zero-order valence-electron chi connectivity index (χ0n) is 11.5. The van der Waals surface area contributed by atoms with Crippen molar-refractivity contribution < 1.29 is 4.79 Å². The molecule has 0 saturated heterocycles. The Morgan fingerprint density at radius 3 is 2.71 bits per heavy atom. The molecule has 1 amide bonds. The number of carbonyl (C=O) groups excluding carboxylic acids is 1. The number of nitrogens with two attached hydrogens (primary N) is 1. The molecule has 6 heteroatoms. The monoisotopic (exact) mass is 327 g/mol. The number of pyridine rings is 1. The van der Waals surface area contributed by atoms with Crippen molar-refractivity contribution in [3.05, 3.63) is 42.1 Å². The molecular formula is C15H19Cl2N3O. The van der Waals surface area contributed by atoms with Crippen LogP contribution in [0, 0.1) is 5.92 Å². The molecule has 1 aliphatic rings. The van der Waals surface area contributed by atoms with Crippen LogP contribution in [-0.2, 0) is 0 Å². The number of nitrogens with zero attached hydrogens (tertiary/aromatic N) is 1. The van der Waals surface area contributed by atoms with E-state index in [1.54, 1.807) is 12.3 Å². The summed E-state index contributed by atoms with van der Waals surface area (Å²) >= 11 is 0. The summed E-state index contributed by atoms with van der Waals surface area (Å²) in [6, 6.07) is 9.52. The van der Waals surface area contributed by atoms with E-state index >= 15 is 0 Å². The number of aromatic nitrogens is 1. The molecule has 1 heterocycles. The molecule has 114 valence electrons. The van der Waals surface area contributed by atoms with Crippen molar-refractivity contribution in [2.24, 2.45) is 11.7 Å².